The standard InChI is InChI=1S/C11H22N2/c1-10-4-7-13(8-10)11(9-12)5-2-3-6-11/h10H,2-9,12H2,1H3. The first-order valence-electron chi connectivity index (χ1n) is 5.72. The van der Waals surface area contributed by atoms with Gasteiger partial charge in [0.1, 0.15) is 0 Å². The molecule has 1 saturated carbocycles. The van der Waals surface area contributed by atoms with Crippen molar-refractivity contribution in [2.75, 3.05) is 19.6 Å². The molecule has 1 heterocycles. The van der Waals surface area contributed by atoms with Crippen LogP contribution in [0.5, 0.6) is 0 Å². The zero-order valence-corrected chi connectivity index (χ0v) is 8.76. The fourth-order valence-electron chi connectivity index (χ4n) is 3.05. The van der Waals surface area contributed by atoms with Gasteiger partial charge in [-0.05, 0) is 31.7 Å². The molecule has 2 fully saturated rings. The van der Waals surface area contributed by atoms with Gasteiger partial charge in [0.25, 0.3) is 0 Å². The fraction of sp³-hybridized carbons (Fsp3) is 1.00. The van der Waals surface area contributed by atoms with E-state index in [1.165, 1.54) is 45.2 Å². The summed E-state index contributed by atoms with van der Waals surface area (Å²) in [5.74, 6) is 0.893. The van der Waals surface area contributed by atoms with Crippen LogP contribution in [0.15, 0.2) is 0 Å². The van der Waals surface area contributed by atoms with Crippen molar-refractivity contribution in [1.29, 1.82) is 0 Å². The second-order valence-electron chi connectivity index (χ2n) is 4.98. The minimum Gasteiger partial charge on any atom is -0.329 e. The molecular weight excluding hydrogens is 160 g/mol. The molecule has 13 heavy (non-hydrogen) atoms. The largest absolute Gasteiger partial charge is 0.329 e. The summed E-state index contributed by atoms with van der Waals surface area (Å²) in [6, 6.07) is 0. The summed E-state index contributed by atoms with van der Waals surface area (Å²) in [6.45, 7) is 5.81. The van der Waals surface area contributed by atoms with Crippen molar-refractivity contribution in [3.05, 3.63) is 0 Å². The van der Waals surface area contributed by atoms with Crippen LogP contribution in [0, 0.1) is 5.92 Å². The van der Waals surface area contributed by atoms with Gasteiger partial charge < -0.3 is 5.73 Å². The predicted octanol–water partition coefficient (Wildman–Crippen LogP) is 1.60. The Bertz CT molecular complexity index is 173. The van der Waals surface area contributed by atoms with E-state index in [0.29, 0.717) is 5.54 Å². The highest BCUT2D eigenvalue weighted by molar-refractivity contribution is 4.98. The van der Waals surface area contributed by atoms with Crippen molar-refractivity contribution in [3.8, 4) is 0 Å². The van der Waals surface area contributed by atoms with Gasteiger partial charge in [0, 0.05) is 18.6 Å². The number of hydrogen-bond acceptors (Lipinski definition) is 2. The molecular formula is C11H22N2. The average Bonchev–Trinajstić information content (AvgIpc) is 2.73. The number of hydrogen-bond donors (Lipinski definition) is 1. The second-order valence-corrected chi connectivity index (χ2v) is 4.98. The monoisotopic (exact) mass is 182 g/mol. The van der Waals surface area contributed by atoms with Crippen LogP contribution in [0.1, 0.15) is 39.0 Å². The summed E-state index contributed by atoms with van der Waals surface area (Å²) in [5, 5.41) is 0. The maximum atomic E-state index is 5.95. The van der Waals surface area contributed by atoms with Crippen LogP contribution in [0.3, 0.4) is 0 Å². The van der Waals surface area contributed by atoms with E-state index in [0.717, 1.165) is 12.5 Å². The van der Waals surface area contributed by atoms with Gasteiger partial charge in [0.2, 0.25) is 0 Å². The minimum atomic E-state index is 0.408. The second kappa shape index (κ2) is 3.58. The van der Waals surface area contributed by atoms with Crippen molar-refractivity contribution in [1.82, 2.24) is 4.90 Å². The first kappa shape index (κ1) is 9.47. The lowest BCUT2D eigenvalue weighted by Crippen LogP contribution is -2.50. The van der Waals surface area contributed by atoms with Crippen LogP contribution in [-0.4, -0.2) is 30.1 Å². The van der Waals surface area contributed by atoms with Crippen LogP contribution in [0.25, 0.3) is 0 Å². The van der Waals surface area contributed by atoms with Crippen molar-refractivity contribution >= 4 is 0 Å². The molecule has 0 aromatic carbocycles. The summed E-state index contributed by atoms with van der Waals surface area (Å²) in [7, 11) is 0. The summed E-state index contributed by atoms with van der Waals surface area (Å²) < 4.78 is 0. The topological polar surface area (TPSA) is 29.3 Å². The Labute approximate surface area is 81.5 Å². The Balaban J connectivity index is 2.03. The molecule has 1 aliphatic heterocycles. The van der Waals surface area contributed by atoms with E-state index >= 15 is 0 Å². The van der Waals surface area contributed by atoms with E-state index in [1.54, 1.807) is 0 Å². The van der Waals surface area contributed by atoms with Crippen LogP contribution in [-0.2, 0) is 0 Å². The Morgan fingerprint density at radius 1 is 1.38 bits per heavy atom. The van der Waals surface area contributed by atoms with Gasteiger partial charge in [-0.1, -0.05) is 19.8 Å². The number of likely N-dealkylation sites (tertiary alicyclic amines) is 1. The van der Waals surface area contributed by atoms with E-state index in [2.05, 4.69) is 11.8 Å². The third kappa shape index (κ3) is 1.62. The Morgan fingerprint density at radius 2 is 2.08 bits per heavy atom. The Kier molecular flexibility index (Phi) is 2.61. The number of nitrogens with zero attached hydrogens (tertiary/aromatic N) is 1. The summed E-state index contributed by atoms with van der Waals surface area (Å²) >= 11 is 0. The molecule has 2 heteroatoms. The molecule has 0 bridgehead atoms. The quantitative estimate of drug-likeness (QED) is 0.703. The van der Waals surface area contributed by atoms with Gasteiger partial charge in [-0.2, -0.15) is 0 Å². The molecule has 76 valence electrons. The van der Waals surface area contributed by atoms with Crippen molar-refractivity contribution < 1.29 is 0 Å². The van der Waals surface area contributed by atoms with E-state index in [4.69, 9.17) is 5.73 Å². The Morgan fingerprint density at radius 3 is 2.54 bits per heavy atom. The third-order valence-electron chi connectivity index (χ3n) is 4.01. The highest BCUT2D eigenvalue weighted by atomic mass is 15.2. The number of nitrogens with two attached hydrogens (primary N) is 1. The SMILES string of the molecule is CC1CCN(C2(CN)CCCC2)C1. The molecule has 1 atom stereocenters. The highest BCUT2D eigenvalue weighted by Gasteiger charge is 2.40. The molecule has 1 saturated heterocycles. The lowest BCUT2D eigenvalue weighted by molar-refractivity contribution is 0.126. The normalized spacial score (nSPS) is 34.2. The van der Waals surface area contributed by atoms with Crippen molar-refractivity contribution in [2.45, 2.75) is 44.6 Å². The fourth-order valence-corrected chi connectivity index (χ4v) is 3.05. The maximum absolute atomic E-state index is 5.95. The summed E-state index contributed by atoms with van der Waals surface area (Å²) in [6.07, 6.45) is 6.85. The molecule has 0 spiro atoms. The maximum Gasteiger partial charge on any atom is 0.0331 e. The highest BCUT2D eigenvalue weighted by Crippen LogP contribution is 2.37. The van der Waals surface area contributed by atoms with Crippen molar-refractivity contribution in [3.63, 3.8) is 0 Å². The lowest BCUT2D eigenvalue weighted by atomic mass is 9.95. The van der Waals surface area contributed by atoms with Gasteiger partial charge in [-0.25, -0.2) is 0 Å². The van der Waals surface area contributed by atoms with Gasteiger partial charge in [-0.15, -0.1) is 0 Å². The van der Waals surface area contributed by atoms with E-state index in [9.17, 15) is 0 Å². The first-order chi connectivity index (χ1) is 6.27. The molecule has 1 aliphatic carbocycles. The van der Waals surface area contributed by atoms with Crippen LogP contribution in [0.4, 0.5) is 0 Å². The Hall–Kier alpha value is -0.0800. The molecule has 2 nitrogen and oxygen atoms in total. The molecule has 0 amide bonds. The number of rotatable bonds is 2. The van der Waals surface area contributed by atoms with Gasteiger partial charge in [-0.3, -0.25) is 4.90 Å². The lowest BCUT2D eigenvalue weighted by Gasteiger charge is -2.38. The van der Waals surface area contributed by atoms with Crippen molar-refractivity contribution in [2.24, 2.45) is 11.7 Å². The molecule has 2 aliphatic rings. The molecule has 0 radical (unpaired) electrons. The minimum absolute atomic E-state index is 0.408. The van der Waals surface area contributed by atoms with E-state index in [1.807, 2.05) is 0 Å². The smallest absolute Gasteiger partial charge is 0.0331 e. The van der Waals surface area contributed by atoms with Crippen LogP contribution < -0.4 is 5.73 Å². The molecule has 0 aromatic heterocycles. The first-order valence-corrected chi connectivity index (χ1v) is 5.72. The zero-order valence-electron chi connectivity index (χ0n) is 8.76. The summed E-state index contributed by atoms with van der Waals surface area (Å²) in [5.41, 5.74) is 6.36. The van der Waals surface area contributed by atoms with Gasteiger partial charge in [0.05, 0.1) is 0 Å². The third-order valence-corrected chi connectivity index (χ3v) is 4.01. The zero-order chi connectivity index (χ0) is 9.31. The van der Waals surface area contributed by atoms with E-state index < -0.39 is 0 Å². The molecule has 1 unspecified atom stereocenters. The van der Waals surface area contributed by atoms with Crippen LogP contribution >= 0.6 is 0 Å². The van der Waals surface area contributed by atoms with Gasteiger partial charge >= 0.3 is 0 Å². The average molecular weight is 182 g/mol. The van der Waals surface area contributed by atoms with Crippen LogP contribution in [0.2, 0.25) is 0 Å². The van der Waals surface area contributed by atoms with Gasteiger partial charge in [0.15, 0.2) is 0 Å². The molecule has 2 rings (SSSR count). The summed E-state index contributed by atoms with van der Waals surface area (Å²) in [4.78, 5) is 2.67. The predicted molar refractivity (Wildman–Crippen MR) is 55.6 cm³/mol. The molecule has 0 aromatic rings. The molecule has 2 N–H and O–H groups in total. The van der Waals surface area contributed by atoms with E-state index in [-0.39, 0.29) is 0 Å².